The smallest absolute Gasteiger partial charge is 0.269 e. The molecule has 0 aliphatic heterocycles. The maximum absolute atomic E-state index is 10.8. The van der Waals surface area contributed by atoms with Gasteiger partial charge in [0.15, 0.2) is 0 Å². The Kier molecular flexibility index (Phi) is 4.25. The molecular weight excluding hydrogens is 276 g/mol. The first kappa shape index (κ1) is 14.3. The van der Waals surface area contributed by atoms with Crippen LogP contribution in [0.5, 0.6) is 0 Å². The van der Waals surface area contributed by atoms with E-state index < -0.39 is 4.92 Å². The highest BCUT2D eigenvalue weighted by Crippen LogP contribution is 2.25. The fraction of sp³-hybridized carbons (Fsp3) is 0.200. The lowest BCUT2D eigenvalue weighted by atomic mass is 10.0. The summed E-state index contributed by atoms with van der Waals surface area (Å²) in [5.41, 5.74) is 3.00. The van der Waals surface area contributed by atoms with Crippen LogP contribution in [0, 0.1) is 10.1 Å². The summed E-state index contributed by atoms with van der Waals surface area (Å²) >= 11 is 6.10. The average Bonchev–Trinajstić information content (AvgIpc) is 2.41. The van der Waals surface area contributed by atoms with Crippen molar-refractivity contribution in [2.75, 3.05) is 19.0 Å². The van der Waals surface area contributed by atoms with E-state index in [0.717, 1.165) is 16.8 Å². The van der Waals surface area contributed by atoms with Crippen molar-refractivity contribution in [1.29, 1.82) is 0 Å². The van der Waals surface area contributed by atoms with E-state index in [9.17, 15) is 10.1 Å². The fourth-order valence-electron chi connectivity index (χ4n) is 1.94. The quantitative estimate of drug-likeness (QED) is 0.633. The molecule has 2 aromatic rings. The number of nitro benzene ring substituents is 1. The van der Waals surface area contributed by atoms with Gasteiger partial charge in [-0.25, -0.2) is 0 Å². The van der Waals surface area contributed by atoms with Gasteiger partial charge in [0, 0.05) is 36.9 Å². The van der Waals surface area contributed by atoms with Crippen molar-refractivity contribution in [3.05, 3.63) is 68.7 Å². The highest BCUT2D eigenvalue weighted by molar-refractivity contribution is 6.31. The summed E-state index contributed by atoms with van der Waals surface area (Å²) in [5.74, 6) is 0. The zero-order chi connectivity index (χ0) is 14.7. The second-order valence-corrected chi connectivity index (χ2v) is 5.18. The summed E-state index contributed by atoms with van der Waals surface area (Å²) in [4.78, 5) is 12.4. The van der Waals surface area contributed by atoms with Crippen LogP contribution >= 0.6 is 11.6 Å². The van der Waals surface area contributed by atoms with Crippen LogP contribution in [-0.2, 0) is 6.42 Å². The molecule has 2 rings (SSSR count). The number of hydrogen-bond donors (Lipinski definition) is 0. The van der Waals surface area contributed by atoms with E-state index in [4.69, 9.17) is 11.6 Å². The number of nitro groups is 1. The lowest BCUT2D eigenvalue weighted by Crippen LogP contribution is -2.08. The van der Waals surface area contributed by atoms with Crippen LogP contribution in [-0.4, -0.2) is 19.0 Å². The molecule has 0 aliphatic rings. The van der Waals surface area contributed by atoms with Crippen LogP contribution in [0.3, 0.4) is 0 Å². The largest absolute Gasteiger partial charge is 0.378 e. The molecule has 0 aliphatic carbocycles. The molecule has 2 aromatic carbocycles. The van der Waals surface area contributed by atoms with E-state index in [2.05, 4.69) is 0 Å². The minimum absolute atomic E-state index is 0.0642. The van der Waals surface area contributed by atoms with Gasteiger partial charge in [-0.1, -0.05) is 23.7 Å². The van der Waals surface area contributed by atoms with Crippen molar-refractivity contribution in [2.45, 2.75) is 6.42 Å². The number of hydrogen-bond acceptors (Lipinski definition) is 3. The topological polar surface area (TPSA) is 46.4 Å². The Hall–Kier alpha value is -2.07. The summed E-state index contributed by atoms with van der Waals surface area (Å²) in [6, 6.07) is 12.6. The molecule has 20 heavy (non-hydrogen) atoms. The molecule has 0 bridgehead atoms. The van der Waals surface area contributed by atoms with Gasteiger partial charge in [0.1, 0.15) is 0 Å². The molecule has 0 saturated carbocycles. The standard InChI is InChI=1S/C15H15ClN2O2/c1-17(2)13-5-3-11(4-6-13)9-12-10-14(18(19)20)7-8-15(12)16/h3-8,10H,9H2,1-2H3. The minimum atomic E-state index is -0.408. The minimum Gasteiger partial charge on any atom is -0.378 e. The Morgan fingerprint density at radius 2 is 1.80 bits per heavy atom. The van der Waals surface area contributed by atoms with Gasteiger partial charge >= 0.3 is 0 Å². The molecule has 0 spiro atoms. The van der Waals surface area contributed by atoms with Gasteiger partial charge in [-0.15, -0.1) is 0 Å². The zero-order valence-electron chi connectivity index (χ0n) is 11.3. The molecule has 0 fully saturated rings. The van der Waals surface area contributed by atoms with Crippen LogP contribution < -0.4 is 4.90 Å². The van der Waals surface area contributed by atoms with Crippen LogP contribution in [0.15, 0.2) is 42.5 Å². The first-order valence-electron chi connectivity index (χ1n) is 6.16. The van der Waals surface area contributed by atoms with Crippen LogP contribution in [0.4, 0.5) is 11.4 Å². The number of rotatable bonds is 4. The van der Waals surface area contributed by atoms with Gasteiger partial charge in [-0.3, -0.25) is 10.1 Å². The van der Waals surface area contributed by atoms with Crippen molar-refractivity contribution >= 4 is 23.0 Å². The van der Waals surface area contributed by atoms with Crippen molar-refractivity contribution in [3.63, 3.8) is 0 Å². The summed E-state index contributed by atoms with van der Waals surface area (Å²) in [7, 11) is 3.96. The summed E-state index contributed by atoms with van der Waals surface area (Å²) < 4.78 is 0. The molecule has 0 saturated heterocycles. The third-order valence-corrected chi connectivity index (χ3v) is 3.46. The predicted octanol–water partition coefficient (Wildman–Crippen LogP) is 3.91. The molecule has 0 atom stereocenters. The molecule has 0 aromatic heterocycles. The summed E-state index contributed by atoms with van der Waals surface area (Å²) in [5, 5.41) is 11.3. The van der Waals surface area contributed by atoms with E-state index in [1.807, 2.05) is 43.3 Å². The van der Waals surface area contributed by atoms with Crippen LogP contribution in [0.25, 0.3) is 0 Å². The number of anilines is 1. The molecule has 4 nitrogen and oxygen atoms in total. The third kappa shape index (κ3) is 3.27. The molecule has 0 amide bonds. The molecule has 0 radical (unpaired) electrons. The predicted molar refractivity (Wildman–Crippen MR) is 81.7 cm³/mol. The Bertz CT molecular complexity index is 624. The van der Waals surface area contributed by atoms with Crippen molar-refractivity contribution in [2.24, 2.45) is 0 Å². The van der Waals surface area contributed by atoms with E-state index in [1.165, 1.54) is 12.1 Å². The summed E-state index contributed by atoms with van der Waals surface area (Å²) in [6.45, 7) is 0. The third-order valence-electron chi connectivity index (χ3n) is 3.09. The number of halogens is 1. The van der Waals surface area contributed by atoms with E-state index in [-0.39, 0.29) is 5.69 Å². The van der Waals surface area contributed by atoms with Gasteiger partial charge in [0.2, 0.25) is 0 Å². The summed E-state index contributed by atoms with van der Waals surface area (Å²) in [6.07, 6.45) is 0.578. The molecule has 104 valence electrons. The number of benzene rings is 2. The Labute approximate surface area is 122 Å². The fourth-order valence-corrected chi connectivity index (χ4v) is 2.13. The average molecular weight is 291 g/mol. The Balaban J connectivity index is 2.25. The van der Waals surface area contributed by atoms with Crippen LogP contribution in [0.1, 0.15) is 11.1 Å². The Morgan fingerprint density at radius 1 is 1.15 bits per heavy atom. The normalized spacial score (nSPS) is 10.3. The monoisotopic (exact) mass is 290 g/mol. The zero-order valence-corrected chi connectivity index (χ0v) is 12.1. The number of nitrogens with zero attached hydrogens (tertiary/aromatic N) is 2. The first-order valence-corrected chi connectivity index (χ1v) is 6.54. The Morgan fingerprint density at radius 3 is 2.35 bits per heavy atom. The SMILES string of the molecule is CN(C)c1ccc(Cc2cc([N+](=O)[O-])ccc2Cl)cc1. The van der Waals surface area contributed by atoms with Gasteiger partial charge in [0.05, 0.1) is 4.92 Å². The second kappa shape index (κ2) is 5.92. The maximum Gasteiger partial charge on any atom is 0.269 e. The highest BCUT2D eigenvalue weighted by Gasteiger charge is 2.10. The molecular formula is C15H15ClN2O2. The van der Waals surface area contributed by atoms with Crippen molar-refractivity contribution in [3.8, 4) is 0 Å². The molecule has 5 heteroatoms. The first-order chi connectivity index (χ1) is 9.47. The highest BCUT2D eigenvalue weighted by atomic mass is 35.5. The maximum atomic E-state index is 10.8. The van der Waals surface area contributed by atoms with Gasteiger partial charge in [-0.05, 0) is 35.7 Å². The second-order valence-electron chi connectivity index (χ2n) is 4.77. The van der Waals surface area contributed by atoms with Crippen LogP contribution in [0.2, 0.25) is 5.02 Å². The van der Waals surface area contributed by atoms with Crippen molar-refractivity contribution < 1.29 is 4.92 Å². The lowest BCUT2D eigenvalue weighted by molar-refractivity contribution is -0.384. The number of non-ortho nitro benzene ring substituents is 1. The lowest BCUT2D eigenvalue weighted by Gasteiger charge is -2.12. The van der Waals surface area contributed by atoms with E-state index in [1.54, 1.807) is 6.07 Å². The molecule has 0 heterocycles. The molecule has 0 unspecified atom stereocenters. The van der Waals surface area contributed by atoms with Gasteiger partial charge in [-0.2, -0.15) is 0 Å². The van der Waals surface area contributed by atoms with Gasteiger partial charge in [0.25, 0.3) is 5.69 Å². The molecule has 0 N–H and O–H groups in total. The van der Waals surface area contributed by atoms with Gasteiger partial charge < -0.3 is 4.90 Å². The van der Waals surface area contributed by atoms with E-state index >= 15 is 0 Å². The van der Waals surface area contributed by atoms with Crippen molar-refractivity contribution in [1.82, 2.24) is 0 Å². The van der Waals surface area contributed by atoms with E-state index in [0.29, 0.717) is 11.4 Å².